The number of ether oxygens (including phenoxy) is 1. The van der Waals surface area contributed by atoms with Crippen LogP contribution < -0.4 is 15.0 Å². The highest BCUT2D eigenvalue weighted by Gasteiger charge is 2.33. The van der Waals surface area contributed by atoms with E-state index in [0.29, 0.717) is 29.6 Å². The number of aromatic nitrogens is 3. The molecule has 1 saturated heterocycles. The number of anilines is 1. The third-order valence-corrected chi connectivity index (χ3v) is 7.97. The van der Waals surface area contributed by atoms with Crippen LogP contribution in [0.1, 0.15) is 29.2 Å². The highest BCUT2D eigenvalue weighted by Crippen LogP contribution is 2.33. The summed E-state index contributed by atoms with van der Waals surface area (Å²) in [6.07, 6.45) is -2.57. The van der Waals surface area contributed by atoms with Crippen molar-refractivity contribution in [1.82, 2.24) is 20.1 Å². The summed E-state index contributed by atoms with van der Waals surface area (Å²) in [7, 11) is 0. The summed E-state index contributed by atoms with van der Waals surface area (Å²) in [4.78, 5) is 35.5. The number of amidine groups is 1. The number of alkyl halides is 3. The van der Waals surface area contributed by atoms with E-state index in [2.05, 4.69) is 25.1 Å². The number of halogens is 3. The number of aliphatic imine (C=N–C) groups is 1. The van der Waals surface area contributed by atoms with Gasteiger partial charge in [-0.3, -0.25) is 9.69 Å². The molecule has 0 radical (unpaired) electrons. The molecule has 1 aliphatic heterocycles. The Kier molecular flexibility index (Phi) is 9.28. The van der Waals surface area contributed by atoms with E-state index < -0.39 is 12.4 Å². The van der Waals surface area contributed by atoms with E-state index in [0.717, 1.165) is 33.5 Å². The minimum absolute atomic E-state index is 0.103. The summed E-state index contributed by atoms with van der Waals surface area (Å²) >= 11 is 1.25. The van der Waals surface area contributed by atoms with Gasteiger partial charge in [-0.15, -0.1) is 18.3 Å². The third-order valence-electron chi connectivity index (χ3n) is 7.05. The van der Waals surface area contributed by atoms with E-state index >= 15 is 0 Å². The third kappa shape index (κ3) is 7.90. The number of hydrogen-bond acceptors (Lipinski definition) is 6. The average molecular weight is 637 g/mol. The van der Waals surface area contributed by atoms with Crippen molar-refractivity contribution in [3.05, 3.63) is 89.2 Å². The Hall–Kier alpha value is -4.65. The molecule has 3 amide bonds. The molecule has 1 atom stereocenters. The Morgan fingerprint density at radius 2 is 1.73 bits per heavy atom. The second kappa shape index (κ2) is 13.1. The number of urea groups is 1. The molecule has 0 aliphatic carbocycles. The van der Waals surface area contributed by atoms with Crippen molar-refractivity contribution in [2.75, 3.05) is 17.2 Å². The lowest BCUT2D eigenvalue weighted by molar-refractivity contribution is -0.274. The molecule has 5 rings (SSSR count). The van der Waals surface area contributed by atoms with Crippen LogP contribution >= 0.6 is 11.8 Å². The molecule has 1 aromatic heterocycles. The highest BCUT2D eigenvalue weighted by atomic mass is 32.2. The van der Waals surface area contributed by atoms with Gasteiger partial charge in [0.25, 0.3) is 0 Å². The zero-order valence-corrected chi connectivity index (χ0v) is 25.9. The molecule has 2 heterocycles. The predicted molar refractivity (Wildman–Crippen MR) is 168 cm³/mol. The van der Waals surface area contributed by atoms with Gasteiger partial charge >= 0.3 is 12.4 Å². The van der Waals surface area contributed by atoms with Gasteiger partial charge in [-0.2, -0.15) is 4.99 Å². The standard InChI is InChI=1S/C32H31F3N6O3S/c1-19-13-21(3)28(22(4)14-19)41-27(42)17-45-31(41)38-30(43)36-16-20(2)15-23-5-7-24(8-6-23)29-37-18-40(39-29)25-9-11-26(12-10-25)44-32(33,34)35/h5-14,18,20H,15-17H2,1-4H3,(H,36,43)/b38-31-. The van der Waals surface area contributed by atoms with Crippen molar-refractivity contribution in [2.24, 2.45) is 10.9 Å². The van der Waals surface area contributed by atoms with Crippen LogP contribution in [0.2, 0.25) is 0 Å². The summed E-state index contributed by atoms with van der Waals surface area (Å²) in [6, 6.07) is 16.6. The van der Waals surface area contributed by atoms with E-state index in [9.17, 15) is 22.8 Å². The Labute approximate surface area is 262 Å². The van der Waals surface area contributed by atoms with E-state index in [1.54, 1.807) is 4.90 Å². The van der Waals surface area contributed by atoms with Gasteiger partial charge in [0.2, 0.25) is 5.91 Å². The number of benzene rings is 3. The molecule has 3 aromatic carbocycles. The van der Waals surface area contributed by atoms with Crippen molar-refractivity contribution in [3.8, 4) is 22.8 Å². The van der Waals surface area contributed by atoms with Crippen LogP contribution in [0.15, 0.2) is 72.0 Å². The summed E-state index contributed by atoms with van der Waals surface area (Å²) in [5.41, 5.74) is 6.15. The number of nitrogens with zero attached hydrogens (tertiary/aromatic N) is 5. The smallest absolute Gasteiger partial charge is 0.406 e. The predicted octanol–water partition coefficient (Wildman–Crippen LogP) is 6.78. The van der Waals surface area contributed by atoms with E-state index in [4.69, 9.17) is 0 Å². The van der Waals surface area contributed by atoms with Crippen LogP contribution in [0.3, 0.4) is 0 Å². The fraction of sp³-hybridized carbons (Fsp3) is 0.281. The number of thioether (sulfide) groups is 1. The number of amides is 3. The second-order valence-electron chi connectivity index (χ2n) is 10.9. The van der Waals surface area contributed by atoms with Crippen molar-refractivity contribution in [1.29, 1.82) is 0 Å². The monoisotopic (exact) mass is 636 g/mol. The zero-order valence-electron chi connectivity index (χ0n) is 25.1. The molecule has 0 bridgehead atoms. The van der Waals surface area contributed by atoms with Crippen LogP contribution in [-0.2, 0) is 11.2 Å². The molecule has 1 N–H and O–H groups in total. The maximum absolute atomic E-state index is 12.7. The lowest BCUT2D eigenvalue weighted by Gasteiger charge is -2.21. The maximum Gasteiger partial charge on any atom is 0.573 e. The van der Waals surface area contributed by atoms with Crippen molar-refractivity contribution >= 4 is 34.6 Å². The lowest BCUT2D eigenvalue weighted by atomic mass is 10.00. The van der Waals surface area contributed by atoms with Gasteiger partial charge in [-0.25, -0.2) is 14.5 Å². The van der Waals surface area contributed by atoms with Crippen LogP contribution in [0.5, 0.6) is 5.75 Å². The topological polar surface area (TPSA) is 102 Å². The Bertz CT molecular complexity index is 1710. The van der Waals surface area contributed by atoms with Crippen LogP contribution in [0.4, 0.5) is 23.7 Å². The van der Waals surface area contributed by atoms with Gasteiger partial charge in [0, 0.05) is 12.1 Å². The largest absolute Gasteiger partial charge is 0.573 e. The molecule has 9 nitrogen and oxygen atoms in total. The summed E-state index contributed by atoms with van der Waals surface area (Å²) < 4.78 is 42.6. The number of carbonyl (C=O) groups excluding carboxylic acids is 2. The summed E-state index contributed by atoms with van der Waals surface area (Å²) in [6.45, 7) is 8.32. The summed E-state index contributed by atoms with van der Waals surface area (Å²) in [5.74, 6) is 0.383. The van der Waals surface area contributed by atoms with Crippen molar-refractivity contribution in [2.45, 2.75) is 40.5 Å². The first-order valence-electron chi connectivity index (χ1n) is 14.1. The summed E-state index contributed by atoms with van der Waals surface area (Å²) in [5, 5.41) is 7.67. The number of aryl methyl sites for hydroxylation is 3. The average Bonchev–Trinajstić information content (AvgIpc) is 3.59. The van der Waals surface area contributed by atoms with Crippen molar-refractivity contribution < 1.29 is 27.5 Å². The Morgan fingerprint density at radius 1 is 1.07 bits per heavy atom. The first-order valence-corrected chi connectivity index (χ1v) is 15.1. The molecule has 4 aromatic rings. The van der Waals surface area contributed by atoms with Gasteiger partial charge < -0.3 is 10.1 Å². The molecular formula is C32H31F3N6O3S. The molecule has 1 fully saturated rings. The van der Waals surface area contributed by atoms with Crippen molar-refractivity contribution in [3.63, 3.8) is 0 Å². The molecule has 1 unspecified atom stereocenters. The maximum atomic E-state index is 12.7. The minimum atomic E-state index is -4.75. The minimum Gasteiger partial charge on any atom is -0.406 e. The highest BCUT2D eigenvalue weighted by molar-refractivity contribution is 8.15. The van der Waals surface area contributed by atoms with E-state index in [1.165, 1.54) is 47.0 Å². The molecule has 0 spiro atoms. The molecule has 45 heavy (non-hydrogen) atoms. The molecule has 0 saturated carbocycles. The van der Waals surface area contributed by atoms with Crippen LogP contribution in [0.25, 0.3) is 17.1 Å². The lowest BCUT2D eigenvalue weighted by Crippen LogP contribution is -2.33. The van der Waals surface area contributed by atoms with E-state index in [-0.39, 0.29) is 23.3 Å². The number of nitrogens with one attached hydrogen (secondary N) is 1. The van der Waals surface area contributed by atoms with Gasteiger partial charge in [0.05, 0.1) is 17.1 Å². The van der Waals surface area contributed by atoms with E-state index in [1.807, 2.05) is 64.1 Å². The molecule has 1 aliphatic rings. The SMILES string of the molecule is Cc1cc(C)c(N2C(=O)CS/C2=N\C(=O)NCC(C)Cc2ccc(-c3ncn(-c4ccc(OC(F)(F)F)cc4)n3)cc2)c(C)c1. The first-order chi connectivity index (χ1) is 21.4. The molecule has 13 heteroatoms. The number of carbonyl (C=O) groups is 2. The van der Waals surface area contributed by atoms with Gasteiger partial charge in [0.15, 0.2) is 11.0 Å². The normalized spacial score (nSPS) is 15.0. The molecular weight excluding hydrogens is 605 g/mol. The second-order valence-corrected chi connectivity index (χ2v) is 11.8. The van der Waals surface area contributed by atoms with Gasteiger partial charge in [-0.05, 0) is 74.1 Å². The Morgan fingerprint density at radius 3 is 2.38 bits per heavy atom. The van der Waals surface area contributed by atoms with Gasteiger partial charge in [-0.1, -0.05) is 60.6 Å². The Balaban J connectivity index is 1.16. The molecule has 234 valence electrons. The number of hydrogen-bond donors (Lipinski definition) is 1. The quantitative estimate of drug-likeness (QED) is 0.229. The first kappa shape index (κ1) is 31.8. The van der Waals surface area contributed by atoms with Gasteiger partial charge in [0.1, 0.15) is 12.1 Å². The fourth-order valence-corrected chi connectivity index (χ4v) is 6.01. The zero-order chi connectivity index (χ0) is 32.3. The van der Waals surface area contributed by atoms with Crippen LogP contribution in [0, 0.1) is 26.7 Å². The van der Waals surface area contributed by atoms with Crippen LogP contribution in [-0.4, -0.2) is 50.5 Å². The number of rotatable bonds is 8. The fourth-order valence-electron chi connectivity index (χ4n) is 5.16.